The van der Waals surface area contributed by atoms with E-state index >= 15 is 0 Å². The first-order valence-corrected chi connectivity index (χ1v) is 10.5. The van der Waals surface area contributed by atoms with Gasteiger partial charge in [-0.3, -0.25) is 24.5 Å². The number of amides is 3. The molecule has 176 valence electrons. The van der Waals surface area contributed by atoms with Crippen LogP contribution in [0.5, 0.6) is 0 Å². The van der Waals surface area contributed by atoms with Gasteiger partial charge in [-0.2, -0.15) is 0 Å². The lowest BCUT2D eigenvalue weighted by Gasteiger charge is -2.22. The van der Waals surface area contributed by atoms with Crippen molar-refractivity contribution in [3.8, 4) is 0 Å². The molecule has 1 fully saturated rings. The van der Waals surface area contributed by atoms with Crippen molar-refractivity contribution < 1.29 is 33.4 Å². The molecule has 1 saturated heterocycles. The fourth-order valence-corrected chi connectivity index (χ4v) is 2.93. The number of rotatable bonds is 15. The molecule has 2 rings (SSSR count). The molecule has 1 unspecified atom stereocenters. The molecule has 0 aromatic heterocycles. The molecule has 3 amide bonds. The van der Waals surface area contributed by atoms with Crippen molar-refractivity contribution in [3.05, 3.63) is 29.3 Å². The van der Waals surface area contributed by atoms with Crippen molar-refractivity contribution in [2.45, 2.75) is 18.9 Å². The summed E-state index contributed by atoms with van der Waals surface area (Å²) in [5.74, 6) is -1.49. The number of nitrogens with two attached hydrogens (primary N) is 1. The molecule has 32 heavy (non-hydrogen) atoms. The molecule has 0 bridgehead atoms. The topological polar surface area (TPSA) is 158 Å². The Labute approximate surface area is 186 Å². The number of aldehydes is 1. The number of hydrogen-bond acceptors (Lipinski definition) is 9. The van der Waals surface area contributed by atoms with E-state index in [0.717, 1.165) is 0 Å². The van der Waals surface area contributed by atoms with Crippen molar-refractivity contribution in [1.29, 1.82) is 0 Å². The molecule has 1 heterocycles. The molecule has 1 aromatic rings. The minimum atomic E-state index is -0.820. The standard InChI is InChI=1S/C21H30N4O7/c22-5-7-30-9-11-32-12-10-31-8-6-23-16-2-1-15(14-26)17(13-16)20(28)24-18-3-4-19(27)25-21(18)29/h1-2,13-14,18,23H,3-12,22H2,(H,24,28)(H,25,27,29). The van der Waals surface area contributed by atoms with Gasteiger partial charge >= 0.3 is 0 Å². The number of piperidine rings is 1. The van der Waals surface area contributed by atoms with Gasteiger partial charge in [-0.15, -0.1) is 0 Å². The predicted octanol–water partition coefficient (Wildman–Crippen LogP) is -0.545. The maximum atomic E-state index is 12.6. The summed E-state index contributed by atoms with van der Waals surface area (Å²) in [5, 5.41) is 7.87. The molecular weight excluding hydrogens is 420 g/mol. The van der Waals surface area contributed by atoms with E-state index in [1.807, 2.05) is 0 Å². The smallest absolute Gasteiger partial charge is 0.252 e. The summed E-state index contributed by atoms with van der Waals surface area (Å²) in [4.78, 5) is 47.0. The van der Waals surface area contributed by atoms with E-state index in [1.54, 1.807) is 6.07 Å². The van der Waals surface area contributed by atoms with Gasteiger partial charge in [-0.05, 0) is 24.6 Å². The fraction of sp³-hybridized carbons (Fsp3) is 0.524. The van der Waals surface area contributed by atoms with Crippen LogP contribution >= 0.6 is 0 Å². The second kappa shape index (κ2) is 14.2. The predicted molar refractivity (Wildman–Crippen MR) is 115 cm³/mol. The van der Waals surface area contributed by atoms with Crippen LogP contribution in [0.4, 0.5) is 5.69 Å². The molecule has 1 aliphatic rings. The van der Waals surface area contributed by atoms with Crippen LogP contribution in [0.3, 0.4) is 0 Å². The quantitative estimate of drug-likeness (QED) is 0.156. The Morgan fingerprint density at radius 3 is 2.44 bits per heavy atom. The molecule has 11 nitrogen and oxygen atoms in total. The molecule has 0 aliphatic carbocycles. The third-order valence-electron chi connectivity index (χ3n) is 4.55. The van der Waals surface area contributed by atoms with Gasteiger partial charge in [0.1, 0.15) is 6.04 Å². The van der Waals surface area contributed by atoms with Gasteiger partial charge in [0.25, 0.3) is 5.91 Å². The van der Waals surface area contributed by atoms with Gasteiger partial charge < -0.3 is 30.6 Å². The summed E-state index contributed by atoms with van der Waals surface area (Å²) >= 11 is 0. The molecule has 0 saturated carbocycles. The maximum Gasteiger partial charge on any atom is 0.252 e. The molecule has 1 aliphatic heterocycles. The van der Waals surface area contributed by atoms with E-state index in [4.69, 9.17) is 19.9 Å². The number of benzene rings is 1. The van der Waals surface area contributed by atoms with E-state index in [1.165, 1.54) is 12.1 Å². The number of anilines is 1. The Hall–Kier alpha value is -2.86. The third kappa shape index (κ3) is 8.71. The zero-order chi connectivity index (χ0) is 23.2. The average Bonchev–Trinajstić information content (AvgIpc) is 2.79. The summed E-state index contributed by atoms with van der Waals surface area (Å²) in [6, 6.07) is 3.92. The van der Waals surface area contributed by atoms with Gasteiger partial charge in [-0.25, -0.2) is 0 Å². The van der Waals surface area contributed by atoms with E-state index in [9.17, 15) is 19.2 Å². The number of imide groups is 1. The van der Waals surface area contributed by atoms with E-state index in [0.29, 0.717) is 64.7 Å². The second-order valence-corrected chi connectivity index (χ2v) is 6.95. The lowest BCUT2D eigenvalue weighted by Crippen LogP contribution is -2.52. The van der Waals surface area contributed by atoms with Crippen LogP contribution < -0.4 is 21.7 Å². The number of ether oxygens (including phenoxy) is 3. The minimum Gasteiger partial charge on any atom is -0.383 e. The van der Waals surface area contributed by atoms with Crippen molar-refractivity contribution in [3.63, 3.8) is 0 Å². The number of carbonyl (C=O) groups is 4. The van der Waals surface area contributed by atoms with Crippen LogP contribution in [0.25, 0.3) is 0 Å². The summed E-state index contributed by atoms with van der Waals surface area (Å²) < 4.78 is 16.0. The van der Waals surface area contributed by atoms with Gasteiger partial charge in [-0.1, -0.05) is 0 Å². The highest BCUT2D eigenvalue weighted by atomic mass is 16.5. The highest BCUT2D eigenvalue weighted by molar-refractivity contribution is 6.06. The second-order valence-electron chi connectivity index (χ2n) is 6.95. The normalized spacial score (nSPS) is 15.8. The van der Waals surface area contributed by atoms with Gasteiger partial charge in [0.05, 0.1) is 45.2 Å². The van der Waals surface area contributed by atoms with Crippen LogP contribution in [0.1, 0.15) is 33.6 Å². The maximum absolute atomic E-state index is 12.6. The lowest BCUT2D eigenvalue weighted by molar-refractivity contribution is -0.134. The highest BCUT2D eigenvalue weighted by Gasteiger charge is 2.28. The van der Waals surface area contributed by atoms with Gasteiger partial charge in [0, 0.05) is 30.8 Å². The van der Waals surface area contributed by atoms with Crippen LogP contribution in [-0.4, -0.2) is 82.8 Å². The lowest BCUT2D eigenvalue weighted by atomic mass is 10.0. The molecule has 5 N–H and O–H groups in total. The van der Waals surface area contributed by atoms with Gasteiger partial charge in [0.2, 0.25) is 11.8 Å². The first-order valence-electron chi connectivity index (χ1n) is 10.5. The molecule has 1 aromatic carbocycles. The van der Waals surface area contributed by atoms with Crippen LogP contribution in [0.2, 0.25) is 0 Å². The number of carbonyl (C=O) groups excluding carboxylic acids is 4. The molecule has 1 atom stereocenters. The zero-order valence-corrected chi connectivity index (χ0v) is 17.9. The average molecular weight is 450 g/mol. The Morgan fingerprint density at radius 2 is 1.78 bits per heavy atom. The highest BCUT2D eigenvalue weighted by Crippen LogP contribution is 2.16. The largest absolute Gasteiger partial charge is 0.383 e. The first kappa shape index (κ1) is 25.4. The third-order valence-corrected chi connectivity index (χ3v) is 4.55. The monoisotopic (exact) mass is 450 g/mol. The van der Waals surface area contributed by atoms with Crippen molar-refractivity contribution in [1.82, 2.24) is 10.6 Å². The fourth-order valence-electron chi connectivity index (χ4n) is 2.93. The minimum absolute atomic E-state index is 0.140. The van der Waals surface area contributed by atoms with Crippen molar-refractivity contribution in [2.24, 2.45) is 5.73 Å². The zero-order valence-electron chi connectivity index (χ0n) is 17.9. The van der Waals surface area contributed by atoms with E-state index in [-0.39, 0.29) is 29.9 Å². The van der Waals surface area contributed by atoms with Gasteiger partial charge in [0.15, 0.2) is 6.29 Å². The summed E-state index contributed by atoms with van der Waals surface area (Å²) in [6.07, 6.45) is 0.936. The van der Waals surface area contributed by atoms with Crippen molar-refractivity contribution >= 4 is 29.7 Å². The van der Waals surface area contributed by atoms with E-state index in [2.05, 4.69) is 16.0 Å². The Balaban J connectivity index is 1.74. The Morgan fingerprint density at radius 1 is 1.09 bits per heavy atom. The van der Waals surface area contributed by atoms with Crippen LogP contribution in [-0.2, 0) is 23.8 Å². The Bertz CT molecular complexity index is 787. The number of hydrogen-bond donors (Lipinski definition) is 4. The summed E-state index contributed by atoms with van der Waals surface area (Å²) in [7, 11) is 0. The molecule has 0 radical (unpaired) electrons. The summed E-state index contributed by atoms with van der Waals surface area (Å²) in [5.41, 5.74) is 6.28. The van der Waals surface area contributed by atoms with Crippen LogP contribution in [0.15, 0.2) is 18.2 Å². The summed E-state index contributed by atoms with van der Waals surface area (Å²) in [6.45, 7) is 3.75. The molecule has 0 spiro atoms. The van der Waals surface area contributed by atoms with E-state index < -0.39 is 17.9 Å². The number of nitrogens with one attached hydrogen (secondary N) is 3. The Kier molecular flexibility index (Phi) is 11.3. The SMILES string of the molecule is NCCOCCOCCOCCNc1ccc(C=O)c(C(=O)NC2CCC(=O)NC2=O)c1. The molecular formula is C21H30N4O7. The first-order chi connectivity index (χ1) is 15.5. The van der Waals surface area contributed by atoms with Crippen molar-refractivity contribution in [2.75, 3.05) is 58.0 Å². The molecule has 11 heteroatoms. The van der Waals surface area contributed by atoms with Crippen LogP contribution in [0, 0.1) is 0 Å².